The Kier molecular flexibility index (Phi) is 7.83. The zero-order chi connectivity index (χ0) is 25.2. The molecule has 6 atom stereocenters. The second-order valence-electron chi connectivity index (χ2n) is 10.4. The van der Waals surface area contributed by atoms with Crippen LogP contribution < -0.4 is 5.30 Å². The van der Waals surface area contributed by atoms with Gasteiger partial charge in [-0.05, 0) is 81.8 Å². The van der Waals surface area contributed by atoms with Crippen molar-refractivity contribution < 1.29 is 10.00 Å². The van der Waals surface area contributed by atoms with Crippen LogP contribution in [0.3, 0.4) is 0 Å². The molecule has 0 aliphatic carbocycles. The lowest BCUT2D eigenvalue weighted by Crippen LogP contribution is -2.54. The summed E-state index contributed by atoms with van der Waals surface area (Å²) >= 11 is 0. The molecule has 0 amide bonds. The van der Waals surface area contributed by atoms with Crippen molar-refractivity contribution in [3.63, 3.8) is 0 Å². The molecule has 2 N–H and O–H groups in total. The standard InChI is InChI=1S/C19H22N2O.C10H18BOP/c1-2-13-12-21-10-8-14(13)11-18(21)19(22)16-7-9-20-17-6-4-3-5-15(16)17;1-10(2,3)13(11,12)9-7-5-4-6-8-9/h2-7,9,13-14,18-19,22H,1,8,10-12H2;4-8,12H,1-3,11H3/t13-,14-,18+,19-;/m0./s1. The maximum Gasteiger partial charge on any atom is 0.164 e. The largest absolute Gasteiger partial charge is 0.387 e. The van der Waals surface area contributed by atoms with Crippen LogP contribution in [0.15, 0.2) is 79.5 Å². The predicted octanol–water partition coefficient (Wildman–Crippen LogP) is 4.48. The predicted molar refractivity (Wildman–Crippen MR) is 153 cm³/mol. The highest BCUT2D eigenvalue weighted by Crippen LogP contribution is 2.59. The number of aliphatic hydroxyl groups excluding tert-OH is 1. The molecular weight excluding hydrogens is 450 g/mol. The number of piperidine rings is 3. The normalized spacial score (nSPS) is 26.3. The summed E-state index contributed by atoms with van der Waals surface area (Å²) in [7, 11) is -1.76. The highest BCUT2D eigenvalue weighted by atomic mass is 31.2. The first kappa shape index (κ1) is 26.0. The molecule has 186 valence electrons. The second-order valence-corrected chi connectivity index (χ2v) is 12.9. The molecule has 6 heteroatoms. The lowest BCUT2D eigenvalue weighted by Gasteiger charge is -2.50. The Morgan fingerprint density at radius 2 is 1.80 bits per heavy atom. The number of fused-ring (bicyclic) bond motifs is 4. The molecule has 0 spiro atoms. The first-order chi connectivity index (χ1) is 16.6. The molecule has 0 saturated carbocycles. The molecule has 1 aromatic heterocycles. The number of para-hydroxylation sites is 1. The Hall–Kier alpha value is -2.04. The SMILES string of the molecule is C=C[C@H]1CN2CC[C@H]1C[C@@H]2[C@@H](O)c1ccnc2ccccc12.[BH3-][P+](O)(c1ccccc1)C(C)(C)C. The van der Waals surface area contributed by atoms with E-state index in [1.54, 1.807) is 0 Å². The fourth-order valence-corrected chi connectivity index (χ4v) is 6.47. The molecule has 0 radical (unpaired) electrons. The van der Waals surface area contributed by atoms with Crippen molar-refractivity contribution in [1.29, 1.82) is 0 Å². The topological polar surface area (TPSA) is 56.6 Å². The van der Waals surface area contributed by atoms with E-state index in [4.69, 9.17) is 0 Å². The zero-order valence-corrected chi connectivity index (χ0v) is 21.4. The summed E-state index contributed by atoms with van der Waals surface area (Å²) in [5.41, 5.74) is 1.97. The summed E-state index contributed by atoms with van der Waals surface area (Å²) in [5.74, 6) is 1.27. The average Bonchev–Trinajstić information content (AvgIpc) is 2.88. The molecule has 35 heavy (non-hydrogen) atoms. The van der Waals surface area contributed by atoms with Gasteiger partial charge in [0.1, 0.15) is 0 Å². The molecule has 3 aliphatic heterocycles. The van der Waals surface area contributed by atoms with Gasteiger partial charge in [0.15, 0.2) is 7.57 Å². The van der Waals surface area contributed by atoms with Gasteiger partial charge in [-0.2, -0.15) is 0 Å². The smallest absolute Gasteiger partial charge is 0.164 e. The molecule has 2 bridgehead atoms. The molecule has 4 heterocycles. The number of hydrogen-bond donors (Lipinski definition) is 2. The Balaban J connectivity index is 0.000000191. The van der Waals surface area contributed by atoms with Crippen molar-refractivity contribution in [3.8, 4) is 0 Å². The third kappa shape index (κ3) is 5.39. The van der Waals surface area contributed by atoms with Crippen molar-refractivity contribution in [1.82, 2.24) is 9.88 Å². The van der Waals surface area contributed by atoms with Gasteiger partial charge >= 0.3 is 0 Å². The minimum Gasteiger partial charge on any atom is -0.387 e. The van der Waals surface area contributed by atoms with Gasteiger partial charge in [0.05, 0.1) is 22.1 Å². The highest BCUT2D eigenvalue weighted by Gasteiger charge is 2.42. The van der Waals surface area contributed by atoms with E-state index in [2.05, 4.69) is 61.5 Å². The third-order valence-corrected chi connectivity index (χ3v) is 9.21. The number of hydrogen-bond acceptors (Lipinski definition) is 4. The van der Waals surface area contributed by atoms with Crippen LogP contribution in [-0.2, 0) is 0 Å². The summed E-state index contributed by atoms with van der Waals surface area (Å²) in [6.45, 7) is 12.6. The monoisotopic (exact) mass is 490 g/mol. The van der Waals surface area contributed by atoms with Crippen LogP contribution in [0, 0.1) is 11.8 Å². The van der Waals surface area contributed by atoms with Crippen LogP contribution in [0.5, 0.6) is 0 Å². The first-order valence-corrected chi connectivity index (χ1v) is 13.5. The Labute approximate surface area is 211 Å². The summed E-state index contributed by atoms with van der Waals surface area (Å²) < 4.78 is 0. The lowest BCUT2D eigenvalue weighted by atomic mass is 9.73. The van der Waals surface area contributed by atoms with E-state index in [9.17, 15) is 10.00 Å². The van der Waals surface area contributed by atoms with Crippen molar-refractivity contribution in [3.05, 3.63) is 85.1 Å². The lowest BCUT2D eigenvalue weighted by molar-refractivity contribution is -0.0444. The van der Waals surface area contributed by atoms with E-state index in [0.29, 0.717) is 11.8 Å². The van der Waals surface area contributed by atoms with Crippen LogP contribution in [0.25, 0.3) is 10.9 Å². The summed E-state index contributed by atoms with van der Waals surface area (Å²) in [5, 5.41) is 13.4. The number of benzene rings is 2. The zero-order valence-electron chi connectivity index (χ0n) is 20.5. The van der Waals surface area contributed by atoms with E-state index in [-0.39, 0.29) is 18.8 Å². The van der Waals surface area contributed by atoms with Crippen molar-refractivity contribution in [2.75, 3.05) is 13.1 Å². The molecule has 6 rings (SSSR count). The van der Waals surface area contributed by atoms with Crippen LogP contribution in [0.1, 0.15) is 45.3 Å². The molecule has 4 nitrogen and oxygen atoms in total. The minimum absolute atomic E-state index is 0.0291. The minimum atomic E-state index is -1.73. The quantitative estimate of drug-likeness (QED) is 0.322. The molecule has 3 fully saturated rings. The summed E-state index contributed by atoms with van der Waals surface area (Å²) in [4.78, 5) is 17.4. The van der Waals surface area contributed by atoms with Crippen molar-refractivity contribution in [2.24, 2.45) is 11.8 Å². The van der Waals surface area contributed by atoms with Gasteiger partial charge in [0.25, 0.3) is 0 Å². The van der Waals surface area contributed by atoms with Gasteiger partial charge in [-0.25, -0.2) is 0 Å². The van der Waals surface area contributed by atoms with E-state index in [0.717, 1.165) is 36.0 Å². The van der Waals surface area contributed by atoms with Gasteiger partial charge in [0.2, 0.25) is 0 Å². The molecule has 3 saturated heterocycles. The molecule has 3 aliphatic rings. The molecule has 2 unspecified atom stereocenters. The number of aromatic nitrogens is 1. The summed E-state index contributed by atoms with van der Waals surface area (Å²) in [6, 6.07) is 20.5. The Bertz CT molecular complexity index is 1140. The van der Waals surface area contributed by atoms with E-state index in [1.807, 2.05) is 48.7 Å². The van der Waals surface area contributed by atoms with E-state index < -0.39 is 13.5 Å². The molecule has 2 aromatic carbocycles. The van der Waals surface area contributed by atoms with Crippen LogP contribution >= 0.6 is 7.37 Å². The maximum atomic E-state index is 11.0. The van der Waals surface area contributed by atoms with Crippen molar-refractivity contribution in [2.45, 2.75) is 50.9 Å². The number of aliphatic hydroxyl groups is 1. The van der Waals surface area contributed by atoms with Gasteiger partial charge in [-0.15, -0.1) is 6.58 Å². The van der Waals surface area contributed by atoms with Crippen LogP contribution in [0.4, 0.5) is 0 Å². The highest BCUT2D eigenvalue weighted by molar-refractivity contribution is 7.99. The summed E-state index contributed by atoms with van der Waals surface area (Å²) in [6.07, 6.45) is 5.76. The number of pyridine rings is 1. The van der Waals surface area contributed by atoms with Gasteiger partial charge in [0, 0.05) is 31.5 Å². The first-order valence-electron chi connectivity index (χ1n) is 12.2. The van der Waals surface area contributed by atoms with Gasteiger partial charge < -0.3 is 5.11 Å². The Morgan fingerprint density at radius 1 is 1.11 bits per heavy atom. The number of rotatable bonds is 4. The van der Waals surface area contributed by atoms with Crippen LogP contribution in [0.2, 0.25) is 0 Å². The average molecular weight is 490 g/mol. The fraction of sp³-hybridized carbons (Fsp3) is 0.414. The van der Waals surface area contributed by atoms with Crippen LogP contribution in [-0.4, -0.2) is 51.7 Å². The maximum absolute atomic E-state index is 11.0. The number of nitrogens with zero attached hydrogens (tertiary/aromatic N) is 2. The molecular formula is C29H40BN2O2P. The fourth-order valence-electron chi connectivity index (χ4n) is 5.25. The van der Waals surface area contributed by atoms with Gasteiger partial charge in [-0.3, -0.25) is 14.8 Å². The van der Waals surface area contributed by atoms with Crippen molar-refractivity contribution >= 4 is 31.1 Å². The van der Waals surface area contributed by atoms with Gasteiger partial charge in [-0.1, -0.05) is 42.5 Å². The second kappa shape index (κ2) is 10.5. The molecule has 3 aromatic rings. The Morgan fingerprint density at radius 3 is 2.43 bits per heavy atom. The van der Waals surface area contributed by atoms with E-state index >= 15 is 0 Å². The third-order valence-electron chi connectivity index (χ3n) is 7.16. The van der Waals surface area contributed by atoms with E-state index in [1.165, 1.54) is 11.7 Å².